The Morgan fingerprint density at radius 3 is 2.26 bits per heavy atom. The second-order valence-corrected chi connectivity index (χ2v) is 8.98. The van der Waals surface area contributed by atoms with Crippen LogP contribution in [0.1, 0.15) is 43.8 Å². The van der Waals surface area contributed by atoms with Gasteiger partial charge in [-0.3, -0.25) is 19.2 Å². The molecule has 13 nitrogen and oxygen atoms in total. The first-order valence-electron chi connectivity index (χ1n) is 11.7. The molecule has 2 aromatic rings. The van der Waals surface area contributed by atoms with Crippen molar-refractivity contribution in [1.29, 1.82) is 0 Å². The Balaban J connectivity index is 1.65. The number of aromatic hydroxyl groups is 1. The molecule has 4 rings (SSSR count). The maximum atomic E-state index is 13.5. The third-order valence-corrected chi connectivity index (χ3v) is 6.35. The van der Waals surface area contributed by atoms with E-state index >= 15 is 0 Å². The highest BCUT2D eigenvalue weighted by Crippen LogP contribution is 2.40. The summed E-state index contributed by atoms with van der Waals surface area (Å²) in [4.78, 5) is 49.9. The molecule has 5 atom stereocenters. The van der Waals surface area contributed by atoms with Gasteiger partial charge in [-0.15, -0.1) is 0 Å². The monoisotopic (exact) mass is 546 g/mol. The van der Waals surface area contributed by atoms with E-state index in [9.17, 15) is 39.6 Å². The van der Waals surface area contributed by atoms with Crippen LogP contribution in [0.15, 0.2) is 24.3 Å². The van der Waals surface area contributed by atoms with Gasteiger partial charge in [0, 0.05) is 17.2 Å². The van der Waals surface area contributed by atoms with Crippen molar-refractivity contribution in [3.05, 3.63) is 52.1 Å². The molecule has 39 heavy (non-hydrogen) atoms. The third-order valence-electron chi connectivity index (χ3n) is 6.35. The molecule has 1 aliphatic carbocycles. The fraction of sp³-hybridized carbons (Fsp3) is 0.385. The van der Waals surface area contributed by atoms with E-state index in [2.05, 4.69) is 4.74 Å². The lowest BCUT2D eigenvalue weighted by atomic mass is 9.82. The van der Waals surface area contributed by atoms with Crippen molar-refractivity contribution < 1.29 is 63.3 Å². The standard InChI is InChI=1S/C26H26O13/c1-10-4-12-19(14(27)5-10)23(32)20-13(21(12)30)6-11(35-2)7-15(20)38-26-25(34)24(33)22(31)16(39-26)9-37-18(29)8-17(28)36-3/h4-7,16,22,24-27,31,33-34H,8-9H2,1-3H3. The van der Waals surface area contributed by atoms with E-state index in [1.54, 1.807) is 6.92 Å². The molecule has 2 aliphatic rings. The Labute approximate surface area is 221 Å². The molecular weight excluding hydrogens is 520 g/mol. The van der Waals surface area contributed by atoms with Crippen LogP contribution in [0.25, 0.3) is 0 Å². The molecule has 13 heteroatoms. The number of benzene rings is 2. The van der Waals surface area contributed by atoms with Crippen molar-refractivity contribution >= 4 is 23.5 Å². The Morgan fingerprint density at radius 2 is 1.59 bits per heavy atom. The minimum atomic E-state index is -1.85. The average Bonchev–Trinajstić information content (AvgIpc) is 2.90. The number of phenols is 1. The minimum Gasteiger partial charge on any atom is -0.507 e. The molecule has 1 aliphatic heterocycles. The predicted molar refractivity (Wildman–Crippen MR) is 128 cm³/mol. The predicted octanol–water partition coefficient (Wildman–Crippen LogP) is -0.223. The summed E-state index contributed by atoms with van der Waals surface area (Å²) in [5, 5.41) is 41.7. The van der Waals surface area contributed by atoms with Gasteiger partial charge < -0.3 is 44.1 Å². The molecule has 0 radical (unpaired) electrons. The van der Waals surface area contributed by atoms with Gasteiger partial charge in [-0.2, -0.15) is 0 Å². The zero-order valence-corrected chi connectivity index (χ0v) is 21.1. The molecule has 0 amide bonds. The molecule has 1 fully saturated rings. The number of hydrogen-bond donors (Lipinski definition) is 4. The van der Waals surface area contributed by atoms with Crippen LogP contribution in [-0.4, -0.2) is 95.5 Å². The van der Waals surface area contributed by atoms with Crippen LogP contribution >= 0.6 is 0 Å². The Bertz CT molecular complexity index is 1330. The fourth-order valence-corrected chi connectivity index (χ4v) is 4.36. The van der Waals surface area contributed by atoms with Gasteiger partial charge in [-0.25, -0.2) is 0 Å². The zero-order valence-electron chi connectivity index (χ0n) is 21.1. The molecular formula is C26H26O13. The number of carbonyl (C=O) groups is 4. The molecule has 1 saturated heterocycles. The van der Waals surface area contributed by atoms with Crippen LogP contribution in [-0.2, 0) is 23.8 Å². The molecule has 1 heterocycles. The maximum Gasteiger partial charge on any atom is 0.317 e. The van der Waals surface area contributed by atoms with Gasteiger partial charge in [0.1, 0.15) is 54.7 Å². The van der Waals surface area contributed by atoms with Gasteiger partial charge in [0.05, 0.1) is 25.3 Å². The van der Waals surface area contributed by atoms with Crippen LogP contribution in [0.2, 0.25) is 0 Å². The highest BCUT2D eigenvalue weighted by Gasteiger charge is 2.46. The van der Waals surface area contributed by atoms with Crippen LogP contribution in [0.4, 0.5) is 0 Å². The summed E-state index contributed by atoms with van der Waals surface area (Å²) in [6.07, 6.45) is -9.24. The van der Waals surface area contributed by atoms with Crippen LogP contribution in [0, 0.1) is 6.92 Å². The summed E-state index contributed by atoms with van der Waals surface area (Å²) in [5.74, 6) is -3.74. The van der Waals surface area contributed by atoms with Gasteiger partial charge in [-0.05, 0) is 30.7 Å². The summed E-state index contributed by atoms with van der Waals surface area (Å²) in [7, 11) is 2.40. The fourth-order valence-electron chi connectivity index (χ4n) is 4.36. The minimum absolute atomic E-state index is 0.00877. The zero-order chi connectivity index (χ0) is 28.6. The maximum absolute atomic E-state index is 13.5. The number of ether oxygens (including phenoxy) is 5. The first kappa shape index (κ1) is 28.0. The van der Waals surface area contributed by atoms with Crippen molar-refractivity contribution in [1.82, 2.24) is 0 Å². The molecule has 2 aromatic carbocycles. The van der Waals surface area contributed by atoms with Gasteiger partial charge in [-0.1, -0.05) is 0 Å². The number of esters is 2. The highest BCUT2D eigenvalue weighted by atomic mass is 16.7. The Morgan fingerprint density at radius 1 is 0.897 bits per heavy atom. The van der Waals surface area contributed by atoms with Gasteiger partial charge >= 0.3 is 11.9 Å². The van der Waals surface area contributed by atoms with Crippen molar-refractivity contribution in [3.8, 4) is 17.2 Å². The average molecular weight is 546 g/mol. The molecule has 0 saturated carbocycles. The number of fused-ring (bicyclic) bond motifs is 2. The number of rotatable bonds is 7. The number of carbonyl (C=O) groups excluding carboxylic acids is 4. The summed E-state index contributed by atoms with van der Waals surface area (Å²) in [6, 6.07) is 5.37. The molecule has 0 aromatic heterocycles. The third kappa shape index (κ3) is 5.29. The number of phenolic OH excluding ortho intramolecular Hbond substituents is 1. The number of aryl methyl sites for hydroxylation is 1. The lowest BCUT2D eigenvalue weighted by molar-refractivity contribution is -0.278. The summed E-state index contributed by atoms with van der Waals surface area (Å²) >= 11 is 0. The van der Waals surface area contributed by atoms with Crippen LogP contribution in [0.3, 0.4) is 0 Å². The van der Waals surface area contributed by atoms with E-state index in [0.29, 0.717) is 5.56 Å². The first-order chi connectivity index (χ1) is 18.5. The van der Waals surface area contributed by atoms with Crippen LogP contribution < -0.4 is 9.47 Å². The van der Waals surface area contributed by atoms with E-state index < -0.39 is 73.0 Å². The van der Waals surface area contributed by atoms with Crippen LogP contribution in [0.5, 0.6) is 17.2 Å². The van der Waals surface area contributed by atoms with Gasteiger partial charge in [0.25, 0.3) is 0 Å². The van der Waals surface area contributed by atoms with E-state index in [1.165, 1.54) is 31.4 Å². The molecule has 208 valence electrons. The van der Waals surface area contributed by atoms with Gasteiger partial charge in [0.15, 0.2) is 5.78 Å². The molecule has 0 bridgehead atoms. The largest absolute Gasteiger partial charge is 0.507 e. The van der Waals surface area contributed by atoms with Gasteiger partial charge in [0.2, 0.25) is 12.1 Å². The van der Waals surface area contributed by atoms with Crippen molar-refractivity contribution in [2.75, 3.05) is 20.8 Å². The number of ketones is 2. The topological polar surface area (TPSA) is 195 Å². The summed E-state index contributed by atoms with van der Waals surface area (Å²) in [5.41, 5.74) is -0.0228. The molecule has 0 spiro atoms. The molecule has 5 unspecified atom stereocenters. The van der Waals surface area contributed by atoms with Crippen molar-refractivity contribution in [2.45, 2.75) is 44.1 Å². The van der Waals surface area contributed by atoms with E-state index in [4.69, 9.17) is 18.9 Å². The van der Waals surface area contributed by atoms with Crippen molar-refractivity contribution in [2.24, 2.45) is 0 Å². The quantitative estimate of drug-likeness (QED) is 0.224. The Kier molecular flexibility index (Phi) is 7.88. The number of hydrogen-bond acceptors (Lipinski definition) is 13. The number of aliphatic hydroxyl groups is 3. The number of methoxy groups -OCH3 is 2. The van der Waals surface area contributed by atoms with E-state index in [1.807, 2.05) is 0 Å². The smallest absolute Gasteiger partial charge is 0.317 e. The lowest BCUT2D eigenvalue weighted by Gasteiger charge is -2.40. The number of aliphatic hydroxyl groups excluding tert-OH is 3. The Hall–Kier alpha value is -4.04. The first-order valence-corrected chi connectivity index (χ1v) is 11.7. The highest BCUT2D eigenvalue weighted by molar-refractivity contribution is 6.30. The summed E-state index contributed by atoms with van der Waals surface area (Å²) in [6.45, 7) is 1.02. The van der Waals surface area contributed by atoms with E-state index in [-0.39, 0.29) is 33.8 Å². The lowest BCUT2D eigenvalue weighted by Crippen LogP contribution is -2.60. The SMILES string of the molecule is COC(=O)CC(=O)OCC1OC(Oc2cc(OC)cc3c2C(=O)c2c(O)cc(C)cc2C3=O)C(O)C(O)C1O. The second-order valence-electron chi connectivity index (χ2n) is 8.98. The van der Waals surface area contributed by atoms with Crippen molar-refractivity contribution in [3.63, 3.8) is 0 Å². The molecule has 4 N–H and O–H groups in total. The van der Waals surface area contributed by atoms with E-state index in [0.717, 1.165) is 7.11 Å². The summed E-state index contributed by atoms with van der Waals surface area (Å²) < 4.78 is 25.8. The second kappa shape index (κ2) is 11.0. The normalized spacial score (nSPS) is 23.9.